The molecule has 0 aliphatic carbocycles. The minimum absolute atomic E-state index is 0.199. The highest BCUT2D eigenvalue weighted by atomic mass is 16.5. The average Bonchev–Trinajstić information content (AvgIpc) is 2.81. The van der Waals surface area contributed by atoms with E-state index in [1.54, 1.807) is 33.1 Å². The van der Waals surface area contributed by atoms with Crippen molar-refractivity contribution in [1.82, 2.24) is 4.98 Å². The van der Waals surface area contributed by atoms with Gasteiger partial charge in [0.1, 0.15) is 5.75 Å². The summed E-state index contributed by atoms with van der Waals surface area (Å²) in [5, 5.41) is 0. The Morgan fingerprint density at radius 2 is 2.00 bits per heavy atom. The number of carbonyl (C=O) groups is 1. The number of rotatable bonds is 4. The molecule has 0 aliphatic rings. The van der Waals surface area contributed by atoms with E-state index in [-0.39, 0.29) is 5.69 Å². The Kier molecular flexibility index (Phi) is 3.85. The molecule has 2 aromatic rings. The molecule has 19 heavy (non-hydrogen) atoms. The number of ether oxygens (including phenoxy) is 2. The number of nitrogens with zero attached hydrogens (tertiary/aromatic N) is 1. The zero-order valence-electron chi connectivity index (χ0n) is 11.1. The van der Waals surface area contributed by atoms with Gasteiger partial charge in [-0.1, -0.05) is 0 Å². The molecule has 5 heteroatoms. The van der Waals surface area contributed by atoms with Crippen LogP contribution in [0, 0.1) is 6.92 Å². The number of hydrogen-bond donors (Lipinski definition) is 0. The van der Waals surface area contributed by atoms with E-state index in [1.165, 1.54) is 0 Å². The summed E-state index contributed by atoms with van der Waals surface area (Å²) in [6, 6.07) is 7.20. The summed E-state index contributed by atoms with van der Waals surface area (Å²) in [7, 11) is 1.59. The fourth-order valence-electron chi connectivity index (χ4n) is 1.70. The summed E-state index contributed by atoms with van der Waals surface area (Å²) in [5.41, 5.74) is 0.953. The van der Waals surface area contributed by atoms with Crippen molar-refractivity contribution in [3.05, 3.63) is 35.9 Å². The number of hydrogen-bond acceptors (Lipinski definition) is 5. The van der Waals surface area contributed by atoms with E-state index < -0.39 is 5.97 Å². The molecular weight excluding hydrogens is 246 g/mol. The Bertz CT molecular complexity index is 572. The smallest absolute Gasteiger partial charge is 0.360 e. The van der Waals surface area contributed by atoms with Gasteiger partial charge >= 0.3 is 5.97 Å². The fraction of sp³-hybridized carbons (Fsp3) is 0.286. The molecule has 0 aliphatic heterocycles. The van der Waals surface area contributed by atoms with Gasteiger partial charge in [-0.3, -0.25) is 0 Å². The Morgan fingerprint density at radius 3 is 2.58 bits per heavy atom. The second-order valence-corrected chi connectivity index (χ2v) is 3.86. The quantitative estimate of drug-likeness (QED) is 0.792. The van der Waals surface area contributed by atoms with Crippen LogP contribution in [0.15, 0.2) is 28.7 Å². The van der Waals surface area contributed by atoms with Crippen LogP contribution in [-0.2, 0) is 4.74 Å². The lowest BCUT2D eigenvalue weighted by atomic mass is 10.1. The van der Waals surface area contributed by atoms with Gasteiger partial charge in [0.15, 0.2) is 17.3 Å². The molecule has 0 fully saturated rings. The lowest BCUT2D eigenvalue weighted by Crippen LogP contribution is -2.06. The van der Waals surface area contributed by atoms with Crippen LogP contribution in [0.2, 0.25) is 0 Å². The second kappa shape index (κ2) is 5.56. The van der Waals surface area contributed by atoms with Crippen LogP contribution in [0.1, 0.15) is 23.3 Å². The van der Waals surface area contributed by atoms with Gasteiger partial charge in [-0.2, -0.15) is 0 Å². The lowest BCUT2D eigenvalue weighted by Gasteiger charge is -2.03. The first-order valence-electron chi connectivity index (χ1n) is 5.94. The number of carbonyl (C=O) groups excluding carboxylic acids is 1. The van der Waals surface area contributed by atoms with E-state index in [0.29, 0.717) is 18.3 Å². The normalized spacial score (nSPS) is 10.3. The molecule has 0 saturated heterocycles. The molecule has 0 spiro atoms. The minimum Gasteiger partial charge on any atom is -0.497 e. The Hall–Kier alpha value is -2.30. The molecule has 1 aromatic carbocycles. The van der Waals surface area contributed by atoms with Gasteiger partial charge in [-0.05, 0) is 31.2 Å². The first-order valence-corrected chi connectivity index (χ1v) is 5.94. The van der Waals surface area contributed by atoms with Gasteiger partial charge in [0.25, 0.3) is 0 Å². The van der Waals surface area contributed by atoms with Crippen LogP contribution >= 0.6 is 0 Å². The molecule has 0 N–H and O–H groups in total. The summed E-state index contributed by atoms with van der Waals surface area (Å²) in [4.78, 5) is 15.9. The van der Waals surface area contributed by atoms with Gasteiger partial charge in [-0.15, -0.1) is 0 Å². The van der Waals surface area contributed by atoms with E-state index in [4.69, 9.17) is 13.9 Å². The van der Waals surface area contributed by atoms with Crippen molar-refractivity contribution >= 4 is 5.97 Å². The largest absolute Gasteiger partial charge is 0.497 e. The molecular formula is C14H15NO4. The van der Waals surface area contributed by atoms with Gasteiger partial charge in [0.05, 0.1) is 13.7 Å². The molecule has 0 saturated carbocycles. The Morgan fingerprint density at radius 1 is 1.32 bits per heavy atom. The summed E-state index contributed by atoms with van der Waals surface area (Å²) >= 11 is 0. The Balaban J connectivity index is 2.40. The summed E-state index contributed by atoms with van der Waals surface area (Å²) < 4.78 is 15.5. The highest BCUT2D eigenvalue weighted by molar-refractivity contribution is 5.93. The SMILES string of the molecule is CCOC(=O)c1nc(C)oc1-c1ccc(OC)cc1. The predicted octanol–water partition coefficient (Wildman–Crippen LogP) is 2.84. The molecule has 0 amide bonds. The van der Waals surface area contributed by atoms with Gasteiger partial charge in [0.2, 0.25) is 0 Å². The third-order valence-corrected chi connectivity index (χ3v) is 2.56. The van der Waals surface area contributed by atoms with Crippen molar-refractivity contribution in [2.75, 3.05) is 13.7 Å². The van der Waals surface area contributed by atoms with Crippen LogP contribution in [0.25, 0.3) is 11.3 Å². The summed E-state index contributed by atoms with van der Waals surface area (Å²) in [6.45, 7) is 3.74. The number of benzene rings is 1. The van der Waals surface area contributed by atoms with Crippen LogP contribution in [-0.4, -0.2) is 24.7 Å². The third-order valence-electron chi connectivity index (χ3n) is 2.56. The highest BCUT2D eigenvalue weighted by Gasteiger charge is 2.21. The fourth-order valence-corrected chi connectivity index (χ4v) is 1.70. The van der Waals surface area contributed by atoms with Crippen molar-refractivity contribution in [1.29, 1.82) is 0 Å². The lowest BCUT2D eigenvalue weighted by molar-refractivity contribution is 0.0520. The van der Waals surface area contributed by atoms with E-state index in [0.717, 1.165) is 11.3 Å². The van der Waals surface area contributed by atoms with Crippen LogP contribution in [0.5, 0.6) is 5.75 Å². The molecule has 5 nitrogen and oxygen atoms in total. The Labute approximate surface area is 111 Å². The van der Waals surface area contributed by atoms with Crippen LogP contribution in [0.4, 0.5) is 0 Å². The molecule has 1 heterocycles. The monoisotopic (exact) mass is 261 g/mol. The standard InChI is InChI=1S/C14H15NO4/c1-4-18-14(16)12-13(19-9(2)15-12)10-5-7-11(17-3)8-6-10/h5-8H,4H2,1-3H3. The van der Waals surface area contributed by atoms with E-state index in [9.17, 15) is 4.79 Å². The van der Waals surface area contributed by atoms with Gasteiger partial charge < -0.3 is 13.9 Å². The zero-order valence-corrected chi connectivity index (χ0v) is 11.1. The third kappa shape index (κ3) is 2.76. The number of aromatic nitrogens is 1. The molecule has 0 radical (unpaired) electrons. The second-order valence-electron chi connectivity index (χ2n) is 3.86. The maximum Gasteiger partial charge on any atom is 0.360 e. The first-order chi connectivity index (χ1) is 9.15. The van der Waals surface area contributed by atoms with Crippen molar-refractivity contribution in [3.8, 4) is 17.1 Å². The van der Waals surface area contributed by atoms with E-state index in [1.807, 2.05) is 12.1 Å². The summed E-state index contributed by atoms with van der Waals surface area (Å²) in [6.07, 6.45) is 0. The summed E-state index contributed by atoms with van der Waals surface area (Å²) in [5.74, 6) is 1.09. The van der Waals surface area contributed by atoms with E-state index in [2.05, 4.69) is 4.98 Å². The number of esters is 1. The van der Waals surface area contributed by atoms with Crippen molar-refractivity contribution in [2.24, 2.45) is 0 Å². The number of oxazole rings is 1. The molecule has 100 valence electrons. The highest BCUT2D eigenvalue weighted by Crippen LogP contribution is 2.27. The van der Waals surface area contributed by atoms with Gasteiger partial charge in [-0.25, -0.2) is 9.78 Å². The number of aryl methyl sites for hydroxylation is 1. The molecule has 2 rings (SSSR count). The first kappa shape index (κ1) is 13.1. The van der Waals surface area contributed by atoms with Crippen molar-refractivity contribution in [2.45, 2.75) is 13.8 Å². The van der Waals surface area contributed by atoms with Crippen molar-refractivity contribution in [3.63, 3.8) is 0 Å². The van der Waals surface area contributed by atoms with Crippen LogP contribution in [0.3, 0.4) is 0 Å². The number of methoxy groups -OCH3 is 1. The topological polar surface area (TPSA) is 61.6 Å². The van der Waals surface area contributed by atoms with E-state index >= 15 is 0 Å². The maximum absolute atomic E-state index is 11.8. The molecule has 0 unspecified atom stereocenters. The maximum atomic E-state index is 11.8. The van der Waals surface area contributed by atoms with Gasteiger partial charge in [0, 0.05) is 12.5 Å². The van der Waals surface area contributed by atoms with Crippen LogP contribution < -0.4 is 4.74 Å². The molecule has 1 aromatic heterocycles. The molecule has 0 atom stereocenters. The van der Waals surface area contributed by atoms with Crippen molar-refractivity contribution < 1.29 is 18.7 Å². The average molecular weight is 261 g/mol. The minimum atomic E-state index is -0.481. The molecule has 0 bridgehead atoms. The predicted molar refractivity (Wildman–Crippen MR) is 69.2 cm³/mol. The zero-order chi connectivity index (χ0) is 13.8.